The molecular formula is C21H22N2O. The van der Waals surface area contributed by atoms with E-state index in [0.717, 1.165) is 36.3 Å². The van der Waals surface area contributed by atoms with Crippen molar-refractivity contribution in [2.45, 2.75) is 5.92 Å². The van der Waals surface area contributed by atoms with E-state index in [2.05, 4.69) is 53.7 Å². The molecule has 0 unspecified atom stereocenters. The molecule has 0 aromatic heterocycles. The maximum Gasteiger partial charge on any atom is 0.251 e. The van der Waals surface area contributed by atoms with Gasteiger partial charge in [-0.15, -0.1) is 0 Å². The Hall–Kier alpha value is -2.39. The molecule has 2 atom stereocenters. The molecule has 3 nitrogen and oxygen atoms in total. The fourth-order valence-electron chi connectivity index (χ4n) is 3.92. The van der Waals surface area contributed by atoms with Crippen LogP contribution in [0.4, 0.5) is 0 Å². The number of carbonyl (C=O) groups is 1. The number of fused-ring (bicyclic) bond motifs is 3. The first kappa shape index (κ1) is 15.2. The molecule has 1 fully saturated rings. The normalized spacial score (nSPS) is 23.6. The van der Waals surface area contributed by atoms with E-state index in [4.69, 9.17) is 0 Å². The number of benzene rings is 2. The van der Waals surface area contributed by atoms with Gasteiger partial charge in [0.05, 0.1) is 0 Å². The Bertz CT molecular complexity index is 782. The number of likely N-dealkylation sites (N-methyl/N-ethyl adjacent to an activating group) is 1. The molecule has 2 aliphatic rings. The van der Waals surface area contributed by atoms with Crippen LogP contribution in [-0.2, 0) is 0 Å². The first-order valence-electron chi connectivity index (χ1n) is 8.54. The average Bonchev–Trinajstić information content (AvgIpc) is 2.93. The number of hydrogen-bond acceptors (Lipinski definition) is 2. The minimum absolute atomic E-state index is 0.0667. The van der Waals surface area contributed by atoms with Crippen LogP contribution < -0.4 is 5.32 Å². The van der Waals surface area contributed by atoms with Crippen molar-refractivity contribution in [1.29, 1.82) is 0 Å². The Labute approximate surface area is 143 Å². The molecule has 0 bridgehead atoms. The van der Waals surface area contributed by atoms with Crippen molar-refractivity contribution in [3.8, 4) is 0 Å². The number of nitrogens with zero attached hydrogens (tertiary/aromatic N) is 1. The minimum atomic E-state index is 0.0667. The van der Waals surface area contributed by atoms with Crippen molar-refractivity contribution in [3.63, 3.8) is 0 Å². The molecule has 4 rings (SSSR count). The zero-order valence-corrected chi connectivity index (χ0v) is 13.9. The second-order valence-electron chi connectivity index (χ2n) is 6.89. The molecule has 2 aliphatic heterocycles. The fraction of sp³-hybridized carbons (Fsp3) is 0.286. The average molecular weight is 318 g/mol. The summed E-state index contributed by atoms with van der Waals surface area (Å²) in [5.41, 5.74) is 4.27. The topological polar surface area (TPSA) is 32.3 Å². The molecule has 2 heterocycles. The molecule has 2 aromatic carbocycles. The van der Waals surface area contributed by atoms with E-state index in [1.54, 1.807) is 0 Å². The number of rotatable bonds is 2. The molecule has 0 spiro atoms. The molecule has 24 heavy (non-hydrogen) atoms. The van der Waals surface area contributed by atoms with Gasteiger partial charge in [-0.25, -0.2) is 0 Å². The third kappa shape index (κ3) is 2.87. The van der Waals surface area contributed by atoms with Crippen LogP contribution >= 0.6 is 0 Å². The molecule has 1 amide bonds. The lowest BCUT2D eigenvalue weighted by Gasteiger charge is -2.16. The Balaban J connectivity index is 1.67. The zero-order valence-electron chi connectivity index (χ0n) is 13.9. The van der Waals surface area contributed by atoms with Crippen LogP contribution in [0.15, 0.2) is 48.5 Å². The molecule has 1 N–H and O–H groups in total. The SMILES string of the molecule is CN1C[C@H]2CNC(=O)c3cc(C=Cc4ccccc4)ccc3[C@@H]2C1. The molecule has 0 aliphatic carbocycles. The molecule has 2 aromatic rings. The summed E-state index contributed by atoms with van der Waals surface area (Å²) >= 11 is 0. The molecule has 1 saturated heterocycles. The van der Waals surface area contributed by atoms with Gasteiger partial charge >= 0.3 is 0 Å². The van der Waals surface area contributed by atoms with Crippen LogP contribution in [0.1, 0.15) is 33.0 Å². The van der Waals surface area contributed by atoms with Crippen molar-refractivity contribution in [2.75, 3.05) is 26.7 Å². The first-order valence-corrected chi connectivity index (χ1v) is 8.54. The lowest BCUT2D eigenvalue weighted by atomic mass is 9.86. The van der Waals surface area contributed by atoms with Gasteiger partial charge < -0.3 is 10.2 Å². The largest absolute Gasteiger partial charge is 0.352 e. The maximum absolute atomic E-state index is 12.5. The molecule has 3 heteroatoms. The molecule has 0 saturated carbocycles. The highest BCUT2D eigenvalue weighted by atomic mass is 16.1. The number of carbonyl (C=O) groups excluding carboxylic acids is 1. The van der Waals surface area contributed by atoms with E-state index in [1.807, 2.05) is 24.3 Å². The highest BCUT2D eigenvalue weighted by molar-refractivity contribution is 5.97. The number of nitrogens with one attached hydrogen (secondary N) is 1. The summed E-state index contributed by atoms with van der Waals surface area (Å²) in [7, 11) is 2.16. The summed E-state index contributed by atoms with van der Waals surface area (Å²) in [6.45, 7) is 2.86. The van der Waals surface area contributed by atoms with Gasteiger partial charge in [-0.05, 0) is 35.7 Å². The zero-order chi connectivity index (χ0) is 16.5. The predicted molar refractivity (Wildman–Crippen MR) is 97.9 cm³/mol. The van der Waals surface area contributed by atoms with Crippen molar-refractivity contribution >= 4 is 18.1 Å². The highest BCUT2D eigenvalue weighted by Crippen LogP contribution is 2.35. The van der Waals surface area contributed by atoms with Crippen LogP contribution in [0.25, 0.3) is 12.2 Å². The van der Waals surface area contributed by atoms with Crippen LogP contribution in [0.5, 0.6) is 0 Å². The van der Waals surface area contributed by atoms with Gasteiger partial charge in [0.1, 0.15) is 0 Å². The summed E-state index contributed by atoms with van der Waals surface area (Å²) in [6.07, 6.45) is 4.16. The first-order chi connectivity index (χ1) is 11.7. The van der Waals surface area contributed by atoms with Gasteiger partial charge in [0.2, 0.25) is 0 Å². The number of amides is 1. The summed E-state index contributed by atoms with van der Waals surface area (Å²) in [5, 5.41) is 3.10. The third-order valence-corrected chi connectivity index (χ3v) is 5.14. The summed E-state index contributed by atoms with van der Waals surface area (Å²) in [5.74, 6) is 1.04. The Morgan fingerprint density at radius 1 is 1.04 bits per heavy atom. The van der Waals surface area contributed by atoms with Crippen molar-refractivity contribution in [1.82, 2.24) is 10.2 Å². The van der Waals surface area contributed by atoms with E-state index >= 15 is 0 Å². The minimum Gasteiger partial charge on any atom is -0.352 e. The Morgan fingerprint density at radius 3 is 2.67 bits per heavy atom. The third-order valence-electron chi connectivity index (χ3n) is 5.14. The smallest absolute Gasteiger partial charge is 0.251 e. The lowest BCUT2D eigenvalue weighted by Crippen LogP contribution is -2.29. The lowest BCUT2D eigenvalue weighted by molar-refractivity contribution is 0.0951. The van der Waals surface area contributed by atoms with Gasteiger partial charge in [0.15, 0.2) is 0 Å². The van der Waals surface area contributed by atoms with Crippen molar-refractivity contribution in [2.24, 2.45) is 5.92 Å². The van der Waals surface area contributed by atoms with E-state index in [1.165, 1.54) is 5.56 Å². The summed E-state index contributed by atoms with van der Waals surface area (Å²) in [4.78, 5) is 14.9. The van der Waals surface area contributed by atoms with Gasteiger partial charge in [0, 0.05) is 31.1 Å². The summed E-state index contributed by atoms with van der Waals surface area (Å²) in [6, 6.07) is 16.5. The quantitative estimate of drug-likeness (QED) is 0.862. The van der Waals surface area contributed by atoms with Gasteiger partial charge in [-0.2, -0.15) is 0 Å². The molecule has 122 valence electrons. The molecule has 0 radical (unpaired) electrons. The van der Waals surface area contributed by atoms with Crippen LogP contribution in [0.3, 0.4) is 0 Å². The van der Waals surface area contributed by atoms with Crippen molar-refractivity contribution < 1.29 is 4.79 Å². The number of hydrogen-bond donors (Lipinski definition) is 1. The van der Waals surface area contributed by atoms with Crippen LogP contribution in [-0.4, -0.2) is 37.5 Å². The number of likely N-dealkylation sites (tertiary alicyclic amines) is 1. The van der Waals surface area contributed by atoms with Crippen molar-refractivity contribution in [3.05, 3.63) is 70.8 Å². The second kappa shape index (κ2) is 6.25. The van der Waals surface area contributed by atoms with Crippen LogP contribution in [0, 0.1) is 5.92 Å². The van der Waals surface area contributed by atoms with Gasteiger partial charge in [-0.1, -0.05) is 54.6 Å². The van der Waals surface area contributed by atoms with Gasteiger partial charge in [0.25, 0.3) is 5.91 Å². The standard InChI is InChI=1S/C21H22N2O/c1-23-13-17-12-22-21(24)19-11-16(9-10-18(19)20(17)14-23)8-7-15-5-3-2-4-6-15/h2-11,17,20H,12-14H2,1H3,(H,22,24)/t17-,20-/m1/s1. The maximum atomic E-state index is 12.5. The fourth-order valence-corrected chi connectivity index (χ4v) is 3.92. The predicted octanol–water partition coefficient (Wildman–Crippen LogP) is 3.25. The monoisotopic (exact) mass is 318 g/mol. The molecular weight excluding hydrogens is 296 g/mol. The van der Waals surface area contributed by atoms with Crippen LogP contribution in [0.2, 0.25) is 0 Å². The van der Waals surface area contributed by atoms with E-state index in [0.29, 0.717) is 11.8 Å². The Kier molecular flexibility index (Phi) is 3.95. The van der Waals surface area contributed by atoms with E-state index in [-0.39, 0.29) is 5.91 Å². The summed E-state index contributed by atoms with van der Waals surface area (Å²) < 4.78 is 0. The second-order valence-corrected chi connectivity index (χ2v) is 6.89. The highest BCUT2D eigenvalue weighted by Gasteiger charge is 2.36. The Morgan fingerprint density at radius 2 is 1.83 bits per heavy atom. The van der Waals surface area contributed by atoms with E-state index < -0.39 is 0 Å². The van der Waals surface area contributed by atoms with E-state index in [9.17, 15) is 4.79 Å². The van der Waals surface area contributed by atoms with Gasteiger partial charge in [-0.3, -0.25) is 4.79 Å².